The molecule has 0 atom stereocenters. The first-order valence-corrected chi connectivity index (χ1v) is 10.2. The molecule has 146 valence electrons. The third-order valence-corrected chi connectivity index (χ3v) is 5.13. The lowest BCUT2D eigenvalue weighted by Gasteiger charge is -2.20. The summed E-state index contributed by atoms with van der Waals surface area (Å²) in [5, 5.41) is 2.76. The van der Waals surface area contributed by atoms with Crippen LogP contribution < -0.4 is 14.8 Å². The van der Waals surface area contributed by atoms with Crippen molar-refractivity contribution in [3.63, 3.8) is 0 Å². The Morgan fingerprint density at radius 1 is 1.00 bits per heavy atom. The van der Waals surface area contributed by atoms with Crippen LogP contribution in [-0.2, 0) is 10.0 Å². The topological polar surface area (TPSA) is 84.5 Å². The van der Waals surface area contributed by atoms with E-state index in [-0.39, 0.29) is 16.9 Å². The Morgan fingerprint density at radius 2 is 1.59 bits per heavy atom. The lowest BCUT2D eigenvalue weighted by molar-refractivity contribution is 0.102. The second kappa shape index (κ2) is 8.10. The van der Waals surface area contributed by atoms with Gasteiger partial charge in [-0.2, -0.15) is 0 Å². The molecule has 0 radical (unpaired) electrons. The lowest BCUT2D eigenvalue weighted by Crippen LogP contribution is -2.40. The lowest BCUT2D eigenvalue weighted by atomic mass is 10.1. The van der Waals surface area contributed by atoms with E-state index in [1.165, 1.54) is 12.1 Å². The van der Waals surface area contributed by atoms with Gasteiger partial charge in [0, 0.05) is 11.2 Å². The molecule has 0 aliphatic heterocycles. The molecule has 0 heterocycles. The monoisotopic (exact) mass is 390 g/mol. The number of rotatable bonds is 6. The van der Waals surface area contributed by atoms with Gasteiger partial charge in [0.15, 0.2) is 0 Å². The Morgan fingerprint density at radius 3 is 2.15 bits per heavy atom. The van der Waals surface area contributed by atoms with Crippen LogP contribution in [0.25, 0.3) is 0 Å². The summed E-state index contributed by atoms with van der Waals surface area (Å²) in [6.07, 6.45) is -0.0567. The predicted molar refractivity (Wildman–Crippen MR) is 107 cm³/mol. The molecule has 0 fully saturated rings. The fraction of sp³-hybridized carbons (Fsp3) is 0.350. The molecule has 0 saturated carbocycles. The number of carbonyl (C=O) groups is 1. The quantitative estimate of drug-likeness (QED) is 0.786. The minimum Gasteiger partial charge on any atom is -0.490 e. The molecular weight excluding hydrogens is 364 g/mol. The number of ether oxygens (including phenoxy) is 1. The highest BCUT2D eigenvalue weighted by Crippen LogP contribution is 2.22. The molecule has 0 aliphatic rings. The van der Waals surface area contributed by atoms with Gasteiger partial charge in [-0.3, -0.25) is 4.79 Å². The first-order valence-electron chi connectivity index (χ1n) is 8.69. The Hall–Kier alpha value is -2.38. The number of hydrogen-bond acceptors (Lipinski definition) is 4. The van der Waals surface area contributed by atoms with E-state index in [0.717, 1.165) is 0 Å². The number of anilines is 1. The SMILES string of the molecule is CC(C)Oc1ccccc1C(=O)Nc1ccc(S(=O)(=O)NC(C)(C)C)cc1. The van der Waals surface area contributed by atoms with E-state index in [9.17, 15) is 13.2 Å². The molecule has 0 spiro atoms. The number of carbonyl (C=O) groups excluding carboxylic acids is 1. The molecular formula is C20H26N2O4S. The second-order valence-electron chi connectivity index (χ2n) is 7.50. The van der Waals surface area contributed by atoms with Crippen molar-refractivity contribution in [3.8, 4) is 5.75 Å². The molecule has 2 aromatic carbocycles. The van der Waals surface area contributed by atoms with Gasteiger partial charge in [0.1, 0.15) is 5.75 Å². The molecule has 0 aliphatic carbocycles. The van der Waals surface area contributed by atoms with Crippen molar-refractivity contribution in [2.75, 3.05) is 5.32 Å². The molecule has 0 saturated heterocycles. The van der Waals surface area contributed by atoms with Crippen molar-refractivity contribution in [3.05, 3.63) is 54.1 Å². The van der Waals surface area contributed by atoms with Crippen LogP contribution in [0.15, 0.2) is 53.4 Å². The molecule has 1 amide bonds. The number of amides is 1. The molecule has 6 nitrogen and oxygen atoms in total. The molecule has 27 heavy (non-hydrogen) atoms. The Labute approximate surface area is 161 Å². The maximum atomic E-state index is 12.6. The Kier molecular flexibility index (Phi) is 6.28. The zero-order valence-electron chi connectivity index (χ0n) is 16.2. The number of sulfonamides is 1. The molecule has 0 unspecified atom stereocenters. The third-order valence-electron chi connectivity index (χ3n) is 3.36. The van der Waals surface area contributed by atoms with Crippen LogP contribution >= 0.6 is 0 Å². The molecule has 7 heteroatoms. The third kappa shape index (κ3) is 6.08. The summed E-state index contributed by atoms with van der Waals surface area (Å²) in [5.41, 5.74) is 0.331. The summed E-state index contributed by atoms with van der Waals surface area (Å²) >= 11 is 0. The molecule has 2 aromatic rings. The van der Waals surface area contributed by atoms with Gasteiger partial charge in [0.25, 0.3) is 5.91 Å². The summed E-state index contributed by atoms with van der Waals surface area (Å²) in [6.45, 7) is 9.10. The van der Waals surface area contributed by atoms with Gasteiger partial charge in [-0.25, -0.2) is 13.1 Å². The number of para-hydroxylation sites is 1. The standard InChI is InChI=1S/C20H26N2O4S/c1-14(2)26-18-9-7-6-8-17(18)19(23)21-15-10-12-16(13-11-15)27(24,25)22-20(3,4)5/h6-14,22H,1-5H3,(H,21,23). The van der Waals surface area contributed by atoms with Gasteiger partial charge in [0.2, 0.25) is 10.0 Å². The maximum Gasteiger partial charge on any atom is 0.259 e. The summed E-state index contributed by atoms with van der Waals surface area (Å²) in [6, 6.07) is 13.0. The van der Waals surface area contributed by atoms with Gasteiger partial charge in [0.05, 0.1) is 16.6 Å². The van der Waals surface area contributed by atoms with E-state index in [0.29, 0.717) is 17.0 Å². The van der Waals surface area contributed by atoms with E-state index in [2.05, 4.69) is 10.0 Å². The first kappa shape index (κ1) is 20.9. The highest BCUT2D eigenvalue weighted by atomic mass is 32.2. The van der Waals surface area contributed by atoms with Gasteiger partial charge < -0.3 is 10.1 Å². The molecule has 0 aromatic heterocycles. The summed E-state index contributed by atoms with van der Waals surface area (Å²) in [4.78, 5) is 12.7. The smallest absolute Gasteiger partial charge is 0.259 e. The number of benzene rings is 2. The van der Waals surface area contributed by atoms with E-state index in [4.69, 9.17) is 4.74 Å². The van der Waals surface area contributed by atoms with Crippen LogP contribution in [0.4, 0.5) is 5.69 Å². The van der Waals surface area contributed by atoms with Crippen LogP contribution in [0.5, 0.6) is 5.75 Å². The largest absolute Gasteiger partial charge is 0.490 e. The zero-order valence-corrected chi connectivity index (χ0v) is 17.1. The fourth-order valence-electron chi connectivity index (χ4n) is 2.39. The van der Waals surface area contributed by atoms with Crippen molar-refractivity contribution in [1.82, 2.24) is 4.72 Å². The van der Waals surface area contributed by atoms with Crippen LogP contribution in [-0.4, -0.2) is 26.0 Å². The van der Waals surface area contributed by atoms with E-state index in [1.807, 2.05) is 13.8 Å². The van der Waals surface area contributed by atoms with Crippen molar-refractivity contribution in [1.29, 1.82) is 0 Å². The highest BCUT2D eigenvalue weighted by molar-refractivity contribution is 7.89. The minimum atomic E-state index is -3.62. The van der Waals surface area contributed by atoms with Crippen LogP contribution in [0.3, 0.4) is 0 Å². The zero-order chi connectivity index (χ0) is 20.2. The average Bonchev–Trinajstić information content (AvgIpc) is 2.53. The van der Waals surface area contributed by atoms with Crippen molar-refractivity contribution in [2.24, 2.45) is 0 Å². The molecule has 2 N–H and O–H groups in total. The minimum absolute atomic E-state index is 0.0567. The van der Waals surface area contributed by atoms with Gasteiger partial charge in [-0.05, 0) is 71.0 Å². The van der Waals surface area contributed by atoms with Crippen LogP contribution in [0.1, 0.15) is 45.0 Å². The number of hydrogen-bond donors (Lipinski definition) is 2. The average molecular weight is 391 g/mol. The first-order chi connectivity index (χ1) is 12.5. The fourth-order valence-corrected chi connectivity index (χ4v) is 3.81. The number of nitrogens with one attached hydrogen (secondary N) is 2. The second-order valence-corrected chi connectivity index (χ2v) is 9.18. The van der Waals surface area contributed by atoms with E-state index < -0.39 is 15.6 Å². The van der Waals surface area contributed by atoms with Crippen molar-refractivity contribution >= 4 is 21.6 Å². The maximum absolute atomic E-state index is 12.6. The van der Waals surface area contributed by atoms with Crippen LogP contribution in [0, 0.1) is 0 Å². The van der Waals surface area contributed by atoms with Crippen molar-refractivity contribution in [2.45, 2.75) is 51.2 Å². The normalized spacial score (nSPS) is 12.1. The summed E-state index contributed by atoms with van der Waals surface area (Å²) in [5.74, 6) is 0.174. The van der Waals surface area contributed by atoms with E-state index in [1.54, 1.807) is 57.2 Å². The summed E-state index contributed by atoms with van der Waals surface area (Å²) < 4.78 is 32.9. The van der Waals surface area contributed by atoms with Gasteiger partial charge in [-0.15, -0.1) is 0 Å². The van der Waals surface area contributed by atoms with Gasteiger partial charge in [-0.1, -0.05) is 12.1 Å². The van der Waals surface area contributed by atoms with E-state index >= 15 is 0 Å². The Balaban J connectivity index is 2.17. The molecule has 2 rings (SSSR count). The summed E-state index contributed by atoms with van der Waals surface area (Å²) in [7, 11) is -3.62. The predicted octanol–water partition coefficient (Wildman–Crippen LogP) is 3.80. The van der Waals surface area contributed by atoms with Gasteiger partial charge >= 0.3 is 0 Å². The molecule has 0 bridgehead atoms. The van der Waals surface area contributed by atoms with Crippen molar-refractivity contribution < 1.29 is 17.9 Å². The Bertz CT molecular complexity index is 898. The van der Waals surface area contributed by atoms with Crippen LogP contribution in [0.2, 0.25) is 0 Å². The highest BCUT2D eigenvalue weighted by Gasteiger charge is 2.22.